The number of nitro benzene ring substituents is 2. The van der Waals surface area contributed by atoms with Gasteiger partial charge in [0.2, 0.25) is 5.91 Å². The maximum atomic E-state index is 15.2. The molecule has 0 radical (unpaired) electrons. The minimum absolute atomic E-state index is 0.252. The molecule has 0 saturated carbocycles. The molecule has 0 saturated heterocycles. The summed E-state index contributed by atoms with van der Waals surface area (Å²) in [5.41, 5.74) is 0.981. The maximum absolute atomic E-state index is 15.2. The molecule has 382 valence electrons. The van der Waals surface area contributed by atoms with Gasteiger partial charge in [-0.2, -0.15) is 10.2 Å². The van der Waals surface area contributed by atoms with Crippen LogP contribution >= 0.6 is 0 Å². The van der Waals surface area contributed by atoms with Gasteiger partial charge in [0.15, 0.2) is 0 Å². The second kappa shape index (κ2) is 20.7. The number of nitro groups is 2. The van der Waals surface area contributed by atoms with Gasteiger partial charge in [-0.15, -0.1) is 0 Å². The first-order chi connectivity index (χ1) is 38.0. The number of hydrogen-bond donors (Lipinski definition) is 2. The van der Waals surface area contributed by atoms with Gasteiger partial charge in [0.25, 0.3) is 11.4 Å². The summed E-state index contributed by atoms with van der Waals surface area (Å²) >= 11 is 0. The van der Waals surface area contributed by atoms with Crippen LogP contribution in [0.25, 0.3) is 21.8 Å². The van der Waals surface area contributed by atoms with Gasteiger partial charge in [-0.3, -0.25) is 29.8 Å². The minimum atomic E-state index is -2.13. The predicted octanol–water partition coefficient (Wildman–Crippen LogP) is 12.3. The SMILES string of the molecule is O=C(O)C(c1cc2cnn(C(c3ccccc3)(c3ccccc3)c3ccccc3)c2cc1[N+](=O)[O-])C(C(=O)NCc1ccc(F)cc1)c1cc2cnn(C(c3ccccc3)(c3ccccc3)c3ccccc3)c2cc1[N+](=O)[O-]. The highest BCUT2D eigenvalue weighted by atomic mass is 19.1. The number of carbonyl (C=O) groups is 2. The van der Waals surface area contributed by atoms with Crippen LogP contribution in [0, 0.1) is 26.0 Å². The van der Waals surface area contributed by atoms with Gasteiger partial charge < -0.3 is 10.4 Å². The first kappa shape index (κ1) is 49.8. The zero-order valence-electron chi connectivity index (χ0n) is 41.4. The molecule has 0 spiro atoms. The topological polar surface area (TPSA) is 188 Å². The Balaban J connectivity index is 1.15. The molecule has 0 fully saturated rings. The molecule has 0 aliphatic carbocycles. The van der Waals surface area contributed by atoms with Crippen LogP contribution in [-0.2, 0) is 27.2 Å². The third-order valence-corrected chi connectivity index (χ3v) is 14.5. The van der Waals surface area contributed by atoms with Crippen LogP contribution in [0.2, 0.25) is 0 Å². The zero-order chi connectivity index (χ0) is 54.0. The van der Waals surface area contributed by atoms with Gasteiger partial charge in [-0.05, 0) is 63.2 Å². The quantitative estimate of drug-likeness (QED) is 0.0508. The number of benzene rings is 9. The summed E-state index contributed by atoms with van der Waals surface area (Å²) in [7, 11) is 0. The fourth-order valence-electron chi connectivity index (χ4n) is 11.1. The van der Waals surface area contributed by atoms with E-state index in [2.05, 4.69) is 5.32 Å². The number of nitrogens with zero attached hydrogens (tertiary/aromatic N) is 6. The Hall–Kier alpha value is -10.4. The largest absolute Gasteiger partial charge is 0.481 e. The number of aliphatic carboxylic acids is 1. The highest BCUT2D eigenvalue weighted by Crippen LogP contribution is 2.48. The number of carboxylic acid groups (broad SMARTS) is 1. The normalized spacial score (nSPS) is 12.5. The number of fused-ring (bicyclic) bond motifs is 2. The van der Waals surface area contributed by atoms with Gasteiger partial charge in [0, 0.05) is 40.6 Å². The van der Waals surface area contributed by atoms with Crippen molar-refractivity contribution in [2.24, 2.45) is 0 Å². The Kier molecular flexibility index (Phi) is 13.2. The van der Waals surface area contributed by atoms with Crippen molar-refractivity contribution in [3.05, 3.63) is 319 Å². The smallest absolute Gasteiger partial charge is 0.312 e. The molecule has 14 nitrogen and oxygen atoms in total. The van der Waals surface area contributed by atoms with E-state index in [1.807, 2.05) is 182 Å². The average Bonchev–Trinajstić information content (AvgIpc) is 4.27. The Bertz CT molecular complexity index is 3800. The first-order valence-corrected chi connectivity index (χ1v) is 24.9. The highest BCUT2D eigenvalue weighted by Gasteiger charge is 2.47. The number of halogens is 1. The third kappa shape index (κ3) is 8.58. The molecule has 11 rings (SSSR count). The van der Waals surface area contributed by atoms with E-state index < -0.39 is 67.4 Å². The lowest BCUT2D eigenvalue weighted by molar-refractivity contribution is -0.386. The van der Waals surface area contributed by atoms with Gasteiger partial charge in [-0.25, -0.2) is 13.8 Å². The lowest BCUT2D eigenvalue weighted by Gasteiger charge is -2.37. The number of carbonyl (C=O) groups excluding carboxylic acids is 1. The molecule has 2 atom stereocenters. The number of carboxylic acids is 1. The Labute approximate surface area is 445 Å². The second-order valence-electron chi connectivity index (χ2n) is 18.8. The summed E-state index contributed by atoms with van der Waals surface area (Å²) in [4.78, 5) is 55.5. The van der Waals surface area contributed by atoms with Crippen LogP contribution in [-0.4, -0.2) is 46.4 Å². The molecule has 0 aliphatic heterocycles. The summed E-state index contributed by atoms with van der Waals surface area (Å²) in [6.07, 6.45) is 2.98. The van der Waals surface area contributed by atoms with Crippen LogP contribution < -0.4 is 5.32 Å². The van der Waals surface area contributed by atoms with E-state index in [1.54, 1.807) is 9.36 Å². The molecule has 2 unspecified atom stereocenters. The lowest BCUT2D eigenvalue weighted by Crippen LogP contribution is -2.38. The van der Waals surface area contributed by atoms with Gasteiger partial charge >= 0.3 is 5.97 Å². The number of amides is 1. The van der Waals surface area contributed by atoms with Crippen molar-refractivity contribution < 1.29 is 28.9 Å². The van der Waals surface area contributed by atoms with Crippen LogP contribution in [0.15, 0.2) is 243 Å². The van der Waals surface area contributed by atoms with E-state index in [-0.39, 0.29) is 28.5 Å². The monoisotopic (exact) mass is 1030 g/mol. The number of aromatic nitrogens is 4. The minimum Gasteiger partial charge on any atom is -0.481 e. The first-order valence-electron chi connectivity index (χ1n) is 24.9. The molecule has 78 heavy (non-hydrogen) atoms. The number of rotatable bonds is 17. The van der Waals surface area contributed by atoms with Gasteiger partial charge in [0.1, 0.15) is 22.8 Å². The molecular formula is C63H46FN7O7. The average molecular weight is 1030 g/mol. The second-order valence-corrected chi connectivity index (χ2v) is 18.8. The van der Waals surface area contributed by atoms with Crippen molar-refractivity contribution in [3.8, 4) is 0 Å². The van der Waals surface area contributed by atoms with E-state index in [9.17, 15) is 34.5 Å². The Morgan fingerprint density at radius 2 is 0.821 bits per heavy atom. The van der Waals surface area contributed by atoms with Crippen molar-refractivity contribution in [2.45, 2.75) is 29.5 Å². The number of nitrogens with one attached hydrogen (secondary N) is 1. The number of hydrogen-bond acceptors (Lipinski definition) is 8. The molecule has 9 aromatic carbocycles. The summed E-state index contributed by atoms with van der Waals surface area (Å²) in [6, 6.07) is 67.6. The molecule has 15 heteroatoms. The van der Waals surface area contributed by atoms with Crippen LogP contribution in [0.5, 0.6) is 0 Å². The predicted molar refractivity (Wildman–Crippen MR) is 293 cm³/mol. The molecule has 1 amide bonds. The van der Waals surface area contributed by atoms with Crippen molar-refractivity contribution >= 4 is 45.1 Å². The van der Waals surface area contributed by atoms with E-state index in [0.29, 0.717) is 10.9 Å². The molecule has 11 aromatic rings. The summed E-state index contributed by atoms with van der Waals surface area (Å²) < 4.78 is 17.5. The van der Waals surface area contributed by atoms with E-state index in [0.717, 1.165) is 33.4 Å². The standard InChI is InChI=1S/C63H46FN7O7/c64-51-33-31-42(32-34-51)39-65-60(72)58(52-35-43-40-66-68(54(43)37-56(52)70(75)76)62(45-19-7-1-8-20-45,46-21-9-2-10-22-46)47-23-11-3-12-24-47)59(61(73)74)53-36-44-41-67-69(55(44)38-57(53)71(77)78)63(48-25-13-4-14-26-48,49-27-15-5-16-28-49)50-29-17-6-18-30-50/h1-38,40-41,58-59H,39H2,(H,65,72)(H,73,74). The zero-order valence-corrected chi connectivity index (χ0v) is 41.4. The van der Waals surface area contributed by atoms with E-state index in [1.165, 1.54) is 60.9 Å². The Morgan fingerprint density at radius 1 is 0.500 bits per heavy atom. The molecule has 0 aliphatic rings. The fourth-order valence-corrected chi connectivity index (χ4v) is 11.1. The molecule has 0 bridgehead atoms. The van der Waals surface area contributed by atoms with Crippen LogP contribution in [0.4, 0.5) is 15.8 Å². The van der Waals surface area contributed by atoms with Crippen molar-refractivity contribution in [1.82, 2.24) is 24.9 Å². The van der Waals surface area contributed by atoms with Gasteiger partial charge in [0.05, 0.1) is 39.2 Å². The summed E-state index contributed by atoms with van der Waals surface area (Å²) in [5.74, 6) is -7.35. The Morgan fingerprint density at radius 3 is 1.13 bits per heavy atom. The molecule has 2 aromatic heterocycles. The van der Waals surface area contributed by atoms with Gasteiger partial charge in [-0.1, -0.05) is 194 Å². The highest BCUT2D eigenvalue weighted by molar-refractivity contribution is 5.97. The molecule has 2 N–H and O–H groups in total. The van der Waals surface area contributed by atoms with E-state index in [4.69, 9.17) is 10.2 Å². The van der Waals surface area contributed by atoms with E-state index >= 15 is 4.79 Å². The fraction of sp³-hybridized carbons (Fsp3) is 0.0794. The third-order valence-electron chi connectivity index (χ3n) is 14.5. The summed E-state index contributed by atoms with van der Waals surface area (Å²) in [6.45, 7) is -0.252. The van der Waals surface area contributed by atoms with Crippen molar-refractivity contribution in [2.75, 3.05) is 0 Å². The van der Waals surface area contributed by atoms with Crippen LogP contribution in [0.3, 0.4) is 0 Å². The lowest BCUT2D eigenvalue weighted by atomic mass is 9.76. The van der Waals surface area contributed by atoms with Crippen molar-refractivity contribution in [1.29, 1.82) is 0 Å². The molecule has 2 heterocycles. The summed E-state index contributed by atoms with van der Waals surface area (Å²) in [5, 5.41) is 52.3. The van der Waals surface area contributed by atoms with Crippen LogP contribution in [0.1, 0.15) is 61.9 Å². The molecular weight excluding hydrogens is 986 g/mol. The maximum Gasteiger partial charge on any atom is 0.312 e. The van der Waals surface area contributed by atoms with Crippen molar-refractivity contribution in [3.63, 3.8) is 0 Å².